The Labute approximate surface area is 127 Å². The Morgan fingerprint density at radius 2 is 2.19 bits per heavy atom. The van der Waals surface area contributed by atoms with Crippen LogP contribution in [0.4, 0.5) is 0 Å². The molecule has 0 spiro atoms. The first-order valence-corrected chi connectivity index (χ1v) is 8.07. The number of likely N-dealkylation sites (tertiary alicyclic amines) is 1. The smallest absolute Gasteiger partial charge is 0.222 e. The number of pyridine rings is 1. The van der Waals surface area contributed by atoms with Crippen molar-refractivity contribution in [2.45, 2.75) is 58.5 Å². The number of hydrogen-bond acceptors (Lipinski definition) is 3. The molecule has 1 unspecified atom stereocenters. The standard InChI is InChI=1S/C17H27N3O/c1-4-6-16(21)20-11-8-15(9-12-20)19-14(3)17-13(2)7-5-10-18-17/h5,7,10,14-15,19H,4,6,8-9,11-12H2,1-3H3. The van der Waals surface area contributed by atoms with Crippen molar-refractivity contribution in [1.82, 2.24) is 15.2 Å². The predicted octanol–water partition coefficient (Wildman–Crippen LogP) is 2.83. The van der Waals surface area contributed by atoms with E-state index in [4.69, 9.17) is 0 Å². The summed E-state index contributed by atoms with van der Waals surface area (Å²) in [7, 11) is 0. The van der Waals surface area contributed by atoms with Crippen LogP contribution in [0.15, 0.2) is 18.3 Å². The zero-order valence-corrected chi connectivity index (χ0v) is 13.4. The van der Waals surface area contributed by atoms with Crippen LogP contribution < -0.4 is 5.32 Å². The highest BCUT2D eigenvalue weighted by Crippen LogP contribution is 2.18. The van der Waals surface area contributed by atoms with E-state index in [2.05, 4.69) is 37.1 Å². The van der Waals surface area contributed by atoms with Gasteiger partial charge in [-0.15, -0.1) is 0 Å². The van der Waals surface area contributed by atoms with Crippen LogP contribution in [0.5, 0.6) is 0 Å². The van der Waals surface area contributed by atoms with Gasteiger partial charge in [-0.25, -0.2) is 0 Å². The molecule has 0 saturated carbocycles. The largest absolute Gasteiger partial charge is 0.343 e. The van der Waals surface area contributed by atoms with Crippen molar-refractivity contribution < 1.29 is 4.79 Å². The molecule has 2 heterocycles. The van der Waals surface area contributed by atoms with Crippen molar-refractivity contribution in [3.63, 3.8) is 0 Å². The van der Waals surface area contributed by atoms with Gasteiger partial charge in [0.15, 0.2) is 0 Å². The summed E-state index contributed by atoms with van der Waals surface area (Å²) in [6.45, 7) is 8.09. The van der Waals surface area contributed by atoms with E-state index >= 15 is 0 Å². The molecule has 4 heteroatoms. The fourth-order valence-electron chi connectivity index (χ4n) is 3.05. The fourth-order valence-corrected chi connectivity index (χ4v) is 3.05. The molecular weight excluding hydrogens is 262 g/mol. The van der Waals surface area contributed by atoms with Crippen LogP contribution in [0.25, 0.3) is 0 Å². The SMILES string of the molecule is CCCC(=O)N1CCC(NC(C)c2ncccc2C)CC1. The second kappa shape index (κ2) is 7.55. The molecule has 21 heavy (non-hydrogen) atoms. The van der Waals surface area contributed by atoms with Gasteiger partial charge in [-0.1, -0.05) is 13.0 Å². The fraction of sp³-hybridized carbons (Fsp3) is 0.647. The lowest BCUT2D eigenvalue weighted by Gasteiger charge is -2.34. The molecule has 1 aliphatic heterocycles. The van der Waals surface area contributed by atoms with Crippen molar-refractivity contribution in [1.29, 1.82) is 0 Å². The second-order valence-electron chi connectivity index (χ2n) is 6.00. The van der Waals surface area contributed by atoms with Gasteiger partial charge in [0.1, 0.15) is 0 Å². The number of rotatable bonds is 5. The predicted molar refractivity (Wildman–Crippen MR) is 85.0 cm³/mol. The monoisotopic (exact) mass is 289 g/mol. The van der Waals surface area contributed by atoms with Crippen molar-refractivity contribution in [3.05, 3.63) is 29.6 Å². The molecule has 1 aromatic rings. The van der Waals surface area contributed by atoms with Crippen molar-refractivity contribution in [3.8, 4) is 0 Å². The summed E-state index contributed by atoms with van der Waals surface area (Å²) in [6.07, 6.45) is 5.54. The van der Waals surface area contributed by atoms with Crippen LogP contribution in [0.3, 0.4) is 0 Å². The van der Waals surface area contributed by atoms with Crippen LogP contribution >= 0.6 is 0 Å². The Kier molecular flexibility index (Phi) is 5.74. The number of nitrogens with one attached hydrogen (secondary N) is 1. The van der Waals surface area contributed by atoms with Gasteiger partial charge in [0.2, 0.25) is 5.91 Å². The van der Waals surface area contributed by atoms with Crippen LogP contribution in [0.2, 0.25) is 0 Å². The first-order chi connectivity index (χ1) is 10.1. The van der Waals surface area contributed by atoms with Crippen molar-refractivity contribution in [2.75, 3.05) is 13.1 Å². The maximum absolute atomic E-state index is 11.9. The van der Waals surface area contributed by atoms with E-state index in [1.165, 1.54) is 5.56 Å². The Morgan fingerprint density at radius 3 is 2.81 bits per heavy atom. The summed E-state index contributed by atoms with van der Waals surface area (Å²) < 4.78 is 0. The van der Waals surface area contributed by atoms with Gasteiger partial charge >= 0.3 is 0 Å². The van der Waals surface area contributed by atoms with Crippen molar-refractivity contribution in [2.24, 2.45) is 0 Å². The highest BCUT2D eigenvalue weighted by molar-refractivity contribution is 5.76. The minimum absolute atomic E-state index is 0.258. The van der Waals surface area contributed by atoms with E-state index in [-0.39, 0.29) is 6.04 Å². The number of carbonyl (C=O) groups excluding carboxylic acids is 1. The number of hydrogen-bond donors (Lipinski definition) is 1. The molecule has 0 radical (unpaired) electrons. The minimum Gasteiger partial charge on any atom is -0.343 e. The first kappa shape index (κ1) is 16.0. The lowest BCUT2D eigenvalue weighted by atomic mass is 10.0. The number of piperidine rings is 1. The van der Waals surface area contributed by atoms with E-state index < -0.39 is 0 Å². The highest BCUT2D eigenvalue weighted by Gasteiger charge is 2.23. The van der Waals surface area contributed by atoms with E-state index in [1.807, 2.05) is 17.2 Å². The summed E-state index contributed by atoms with van der Waals surface area (Å²) in [6, 6.07) is 4.82. The molecule has 0 aromatic carbocycles. The van der Waals surface area contributed by atoms with Crippen LogP contribution in [0, 0.1) is 6.92 Å². The molecule has 4 nitrogen and oxygen atoms in total. The molecule has 116 valence electrons. The molecule has 1 fully saturated rings. The highest BCUT2D eigenvalue weighted by atomic mass is 16.2. The number of amides is 1. The van der Waals surface area contributed by atoms with Gasteiger partial charge in [-0.2, -0.15) is 0 Å². The van der Waals surface area contributed by atoms with E-state index in [1.54, 1.807) is 0 Å². The number of aromatic nitrogens is 1. The molecule has 2 rings (SSSR count). The number of aryl methyl sites for hydroxylation is 1. The average Bonchev–Trinajstić information content (AvgIpc) is 2.48. The normalized spacial score (nSPS) is 17.8. The lowest BCUT2D eigenvalue weighted by Crippen LogP contribution is -2.45. The third-order valence-corrected chi connectivity index (χ3v) is 4.26. The van der Waals surface area contributed by atoms with Gasteiger partial charge in [0.25, 0.3) is 0 Å². The summed E-state index contributed by atoms with van der Waals surface area (Å²) in [5.41, 5.74) is 2.36. The van der Waals surface area contributed by atoms with Gasteiger partial charge < -0.3 is 10.2 Å². The average molecular weight is 289 g/mol. The summed E-state index contributed by atoms with van der Waals surface area (Å²) in [4.78, 5) is 18.4. The van der Waals surface area contributed by atoms with Gasteiger partial charge in [0.05, 0.1) is 5.69 Å². The molecule has 1 amide bonds. The maximum Gasteiger partial charge on any atom is 0.222 e. The third kappa shape index (κ3) is 4.27. The van der Waals surface area contributed by atoms with E-state index in [0.29, 0.717) is 18.4 Å². The van der Waals surface area contributed by atoms with Crippen LogP contribution in [-0.2, 0) is 4.79 Å². The van der Waals surface area contributed by atoms with E-state index in [0.717, 1.165) is 38.0 Å². The van der Waals surface area contributed by atoms with Gasteiger partial charge in [-0.05, 0) is 44.7 Å². The molecule has 1 atom stereocenters. The molecule has 1 N–H and O–H groups in total. The Hall–Kier alpha value is -1.42. The Morgan fingerprint density at radius 1 is 1.48 bits per heavy atom. The maximum atomic E-state index is 11.9. The number of nitrogens with zero attached hydrogens (tertiary/aromatic N) is 2. The zero-order valence-electron chi connectivity index (χ0n) is 13.4. The lowest BCUT2D eigenvalue weighted by molar-refractivity contribution is -0.132. The third-order valence-electron chi connectivity index (χ3n) is 4.26. The summed E-state index contributed by atoms with van der Waals surface area (Å²) in [5, 5.41) is 3.67. The number of carbonyl (C=O) groups is 1. The topological polar surface area (TPSA) is 45.2 Å². The van der Waals surface area contributed by atoms with Gasteiger partial charge in [0, 0.05) is 37.8 Å². The molecule has 0 bridgehead atoms. The molecule has 1 aromatic heterocycles. The first-order valence-electron chi connectivity index (χ1n) is 8.07. The van der Waals surface area contributed by atoms with Gasteiger partial charge in [-0.3, -0.25) is 9.78 Å². The Balaban J connectivity index is 1.83. The Bertz CT molecular complexity index is 467. The molecular formula is C17H27N3O. The van der Waals surface area contributed by atoms with E-state index in [9.17, 15) is 4.79 Å². The van der Waals surface area contributed by atoms with Crippen LogP contribution in [0.1, 0.15) is 56.8 Å². The molecule has 0 aliphatic carbocycles. The zero-order chi connectivity index (χ0) is 15.2. The molecule has 1 saturated heterocycles. The van der Waals surface area contributed by atoms with Crippen LogP contribution in [-0.4, -0.2) is 34.9 Å². The minimum atomic E-state index is 0.258. The summed E-state index contributed by atoms with van der Waals surface area (Å²) >= 11 is 0. The molecule has 1 aliphatic rings. The van der Waals surface area contributed by atoms with Crippen molar-refractivity contribution >= 4 is 5.91 Å². The summed E-state index contributed by atoms with van der Waals surface area (Å²) in [5.74, 6) is 0.310. The quantitative estimate of drug-likeness (QED) is 0.906. The second-order valence-corrected chi connectivity index (χ2v) is 6.00.